The third-order valence-electron chi connectivity index (χ3n) is 3.52. The monoisotopic (exact) mass is 249 g/mol. The normalized spacial score (nSPS) is 21.0. The highest BCUT2D eigenvalue weighted by Gasteiger charge is 2.46. The molecule has 1 heterocycles. The van der Waals surface area contributed by atoms with Crippen molar-refractivity contribution in [3.05, 3.63) is 36.0 Å². The fourth-order valence-corrected chi connectivity index (χ4v) is 2.96. The van der Waals surface area contributed by atoms with Crippen LogP contribution in [0.5, 0.6) is 0 Å². The molecule has 0 aromatic heterocycles. The lowest BCUT2D eigenvalue weighted by atomic mass is 9.74. The van der Waals surface area contributed by atoms with Crippen molar-refractivity contribution in [2.75, 3.05) is 20.1 Å². The molecule has 0 aromatic carbocycles. The second kappa shape index (κ2) is 8.31. The maximum absolute atomic E-state index is 3.91. The van der Waals surface area contributed by atoms with Gasteiger partial charge in [0.05, 0.1) is 0 Å². The van der Waals surface area contributed by atoms with E-state index < -0.39 is 0 Å². The molecule has 1 spiro atoms. The summed E-state index contributed by atoms with van der Waals surface area (Å²) in [6.45, 7) is 16.5. The van der Waals surface area contributed by atoms with Crippen molar-refractivity contribution in [2.24, 2.45) is 5.41 Å². The lowest BCUT2D eigenvalue weighted by Gasteiger charge is -2.47. The van der Waals surface area contributed by atoms with Crippen molar-refractivity contribution in [3.63, 3.8) is 0 Å². The zero-order valence-electron chi connectivity index (χ0n) is 13.2. The first-order valence-corrected chi connectivity index (χ1v) is 7.39. The molecule has 1 nitrogen and oxygen atoms in total. The molecule has 1 heteroatoms. The number of hydrogen-bond acceptors (Lipinski definition) is 1. The van der Waals surface area contributed by atoms with Crippen LogP contribution in [0.2, 0.25) is 0 Å². The largest absolute Gasteiger partial charge is 0.304 e. The molecule has 1 fully saturated rings. The van der Waals surface area contributed by atoms with Gasteiger partial charge in [-0.25, -0.2) is 0 Å². The van der Waals surface area contributed by atoms with E-state index in [1.807, 2.05) is 33.8 Å². The third kappa shape index (κ3) is 3.35. The lowest BCUT2D eigenvalue weighted by molar-refractivity contribution is 0.0593. The molecule has 0 N–H and O–H groups in total. The second-order valence-electron chi connectivity index (χ2n) is 4.60. The summed E-state index contributed by atoms with van der Waals surface area (Å²) in [5, 5.41) is 0. The molecule has 0 radical (unpaired) electrons. The predicted octanol–water partition coefficient (Wildman–Crippen LogP) is 4.82. The smallest absolute Gasteiger partial charge is 0.0213 e. The Kier molecular flexibility index (Phi) is 7.93. The first-order valence-electron chi connectivity index (χ1n) is 7.39. The van der Waals surface area contributed by atoms with E-state index >= 15 is 0 Å². The Morgan fingerprint density at radius 2 is 1.72 bits per heavy atom. The van der Waals surface area contributed by atoms with Gasteiger partial charge < -0.3 is 4.90 Å². The van der Waals surface area contributed by atoms with Gasteiger partial charge in [0.25, 0.3) is 0 Å². The Morgan fingerprint density at radius 1 is 1.17 bits per heavy atom. The molecule has 0 bridgehead atoms. The highest BCUT2D eigenvalue weighted by molar-refractivity contribution is 5.44. The Hall–Kier alpha value is -0.820. The van der Waals surface area contributed by atoms with E-state index in [4.69, 9.17) is 0 Å². The molecule has 0 saturated carbocycles. The van der Waals surface area contributed by atoms with Gasteiger partial charge in [0, 0.05) is 18.5 Å². The Bertz CT molecular complexity index is 304. The van der Waals surface area contributed by atoms with Gasteiger partial charge in [-0.2, -0.15) is 0 Å². The average molecular weight is 249 g/mol. The van der Waals surface area contributed by atoms with Gasteiger partial charge in [-0.3, -0.25) is 0 Å². The molecule has 2 rings (SSSR count). The van der Waals surface area contributed by atoms with Crippen LogP contribution in [0.15, 0.2) is 36.0 Å². The Balaban J connectivity index is 0.000000659. The molecular formula is C17H31N. The van der Waals surface area contributed by atoms with Crippen molar-refractivity contribution in [1.29, 1.82) is 0 Å². The molecule has 0 aromatic rings. The van der Waals surface area contributed by atoms with Crippen LogP contribution in [0.3, 0.4) is 0 Å². The van der Waals surface area contributed by atoms with Crippen LogP contribution in [0.25, 0.3) is 0 Å². The lowest BCUT2D eigenvalue weighted by Crippen LogP contribution is -2.53. The number of rotatable bonds is 2. The van der Waals surface area contributed by atoms with Crippen molar-refractivity contribution in [2.45, 2.75) is 47.5 Å². The Labute approximate surface area is 114 Å². The molecule has 0 amide bonds. The number of hydrogen-bond donors (Lipinski definition) is 0. The van der Waals surface area contributed by atoms with E-state index in [1.54, 1.807) is 5.57 Å². The predicted molar refractivity (Wildman–Crippen MR) is 83.9 cm³/mol. The summed E-state index contributed by atoms with van der Waals surface area (Å²) in [7, 11) is 2.20. The van der Waals surface area contributed by atoms with Gasteiger partial charge in [0.15, 0.2) is 0 Å². The summed E-state index contributed by atoms with van der Waals surface area (Å²) in [6.07, 6.45) is 9.03. The van der Waals surface area contributed by atoms with Crippen LogP contribution in [0, 0.1) is 5.41 Å². The van der Waals surface area contributed by atoms with Crippen LogP contribution in [-0.4, -0.2) is 25.0 Å². The average Bonchev–Trinajstić information content (AvgIpc) is 2.74. The highest BCUT2D eigenvalue weighted by atomic mass is 15.2. The van der Waals surface area contributed by atoms with Gasteiger partial charge in [0.1, 0.15) is 0 Å². The molecule has 0 atom stereocenters. The molecule has 1 aliphatic heterocycles. The van der Waals surface area contributed by atoms with E-state index in [0.29, 0.717) is 5.41 Å². The van der Waals surface area contributed by atoms with Crippen LogP contribution in [-0.2, 0) is 0 Å². The summed E-state index contributed by atoms with van der Waals surface area (Å²) in [5.74, 6) is 0. The summed E-state index contributed by atoms with van der Waals surface area (Å²) in [5.41, 5.74) is 3.49. The quantitative estimate of drug-likeness (QED) is 0.678. The van der Waals surface area contributed by atoms with Crippen molar-refractivity contribution >= 4 is 0 Å². The number of allylic oxidation sites excluding steroid dienone is 4. The van der Waals surface area contributed by atoms with Crippen molar-refractivity contribution in [3.8, 4) is 0 Å². The van der Waals surface area contributed by atoms with Crippen molar-refractivity contribution in [1.82, 2.24) is 4.90 Å². The molecule has 18 heavy (non-hydrogen) atoms. The third-order valence-corrected chi connectivity index (χ3v) is 3.52. The Morgan fingerprint density at radius 3 is 2.11 bits per heavy atom. The molecule has 0 unspecified atom stereocenters. The fraction of sp³-hybridized carbons (Fsp3) is 0.647. The summed E-state index contributed by atoms with van der Waals surface area (Å²) in [4.78, 5) is 2.40. The highest BCUT2D eigenvalue weighted by Crippen LogP contribution is 2.49. The van der Waals surface area contributed by atoms with E-state index in [9.17, 15) is 0 Å². The summed E-state index contributed by atoms with van der Waals surface area (Å²) in [6, 6.07) is 0. The molecule has 2 aliphatic rings. The minimum Gasteiger partial charge on any atom is -0.304 e. The molecular weight excluding hydrogens is 218 g/mol. The second-order valence-corrected chi connectivity index (χ2v) is 4.60. The molecule has 1 aliphatic carbocycles. The minimum absolute atomic E-state index is 0.477. The number of likely N-dealkylation sites (tertiary alicyclic amines) is 1. The SMILES string of the molecule is C=CC1=C(/C=C\C)C2(CC1)CN(C)C2.CC.CC. The molecule has 1 saturated heterocycles. The van der Waals surface area contributed by atoms with Crippen LogP contribution in [0.4, 0.5) is 0 Å². The summed E-state index contributed by atoms with van der Waals surface area (Å²) < 4.78 is 0. The van der Waals surface area contributed by atoms with Crippen LogP contribution in [0.1, 0.15) is 47.5 Å². The van der Waals surface area contributed by atoms with Gasteiger partial charge in [0.2, 0.25) is 0 Å². The van der Waals surface area contributed by atoms with E-state index in [0.717, 1.165) is 0 Å². The standard InChI is InChI=1S/C13H19N.2C2H6/c1-4-6-12-11(5-2)7-8-13(12)9-14(3)10-13;2*1-2/h4-6H,2,7-10H2,1,3H3;2*1-2H3/b6-4-;;. The first kappa shape index (κ1) is 17.2. The zero-order chi connectivity index (χ0) is 14.2. The maximum atomic E-state index is 3.91. The van der Waals surface area contributed by atoms with Gasteiger partial charge in [-0.15, -0.1) is 0 Å². The van der Waals surface area contributed by atoms with E-state index in [2.05, 4.69) is 37.6 Å². The summed E-state index contributed by atoms with van der Waals surface area (Å²) >= 11 is 0. The minimum atomic E-state index is 0.477. The zero-order valence-corrected chi connectivity index (χ0v) is 13.2. The van der Waals surface area contributed by atoms with Gasteiger partial charge >= 0.3 is 0 Å². The maximum Gasteiger partial charge on any atom is 0.0213 e. The van der Waals surface area contributed by atoms with Crippen molar-refractivity contribution < 1.29 is 0 Å². The van der Waals surface area contributed by atoms with Gasteiger partial charge in [-0.1, -0.05) is 52.5 Å². The van der Waals surface area contributed by atoms with Gasteiger partial charge in [-0.05, 0) is 38.0 Å². The van der Waals surface area contributed by atoms with Crippen LogP contribution < -0.4 is 0 Å². The topological polar surface area (TPSA) is 3.24 Å². The fourth-order valence-electron chi connectivity index (χ4n) is 2.96. The van der Waals surface area contributed by atoms with E-state index in [-0.39, 0.29) is 0 Å². The molecule has 104 valence electrons. The van der Waals surface area contributed by atoms with Crippen LogP contribution >= 0.6 is 0 Å². The first-order chi connectivity index (χ1) is 8.72. The van der Waals surface area contributed by atoms with E-state index in [1.165, 1.54) is 31.5 Å². The number of nitrogens with zero attached hydrogens (tertiary/aromatic N) is 1.